The van der Waals surface area contributed by atoms with E-state index in [0.717, 1.165) is 11.4 Å². The van der Waals surface area contributed by atoms with Crippen molar-refractivity contribution < 1.29 is 17.5 Å². The molecular formula is C22H20FN5O3S. The maximum absolute atomic E-state index is 13.0. The van der Waals surface area contributed by atoms with Crippen LogP contribution in [0.1, 0.15) is 17.0 Å². The van der Waals surface area contributed by atoms with Gasteiger partial charge in [0, 0.05) is 17.4 Å². The Bertz CT molecular complexity index is 1340. The number of ether oxygens (including phenoxy) is 1. The molecule has 0 radical (unpaired) electrons. The number of halogens is 1. The van der Waals surface area contributed by atoms with Crippen LogP contribution < -0.4 is 9.46 Å². The van der Waals surface area contributed by atoms with Gasteiger partial charge >= 0.3 is 0 Å². The number of rotatable bonds is 7. The highest BCUT2D eigenvalue weighted by Gasteiger charge is 2.13. The van der Waals surface area contributed by atoms with Crippen molar-refractivity contribution >= 4 is 15.7 Å². The van der Waals surface area contributed by atoms with Gasteiger partial charge in [0.15, 0.2) is 0 Å². The smallest absolute Gasteiger partial charge is 0.236 e. The first-order valence-corrected chi connectivity index (χ1v) is 11.3. The highest BCUT2D eigenvalue weighted by molar-refractivity contribution is 7.91. The van der Waals surface area contributed by atoms with E-state index in [0.29, 0.717) is 28.7 Å². The van der Waals surface area contributed by atoms with E-state index in [1.807, 2.05) is 18.4 Å². The van der Waals surface area contributed by atoms with Crippen LogP contribution in [0.2, 0.25) is 0 Å². The van der Waals surface area contributed by atoms with Crippen molar-refractivity contribution in [2.75, 3.05) is 4.72 Å². The number of aryl methyl sites for hydroxylation is 1. The molecule has 2 aromatic heterocycles. The number of nitrogens with zero attached hydrogens (tertiary/aromatic N) is 4. The van der Waals surface area contributed by atoms with Crippen LogP contribution in [-0.2, 0) is 15.8 Å². The molecule has 0 bridgehead atoms. The van der Waals surface area contributed by atoms with Crippen LogP contribution in [0.5, 0.6) is 11.6 Å². The Hall–Kier alpha value is -3.79. The molecule has 0 saturated heterocycles. The molecule has 10 heteroatoms. The Morgan fingerprint density at radius 3 is 2.38 bits per heavy atom. The lowest BCUT2D eigenvalue weighted by molar-refractivity contribution is 0.461. The zero-order valence-electron chi connectivity index (χ0n) is 17.4. The third kappa shape index (κ3) is 5.09. The molecular weight excluding hydrogens is 433 g/mol. The molecule has 2 heterocycles. The summed E-state index contributed by atoms with van der Waals surface area (Å²) in [5, 5.41) is 0. The van der Waals surface area contributed by atoms with E-state index >= 15 is 0 Å². The molecule has 0 aliphatic heterocycles. The van der Waals surface area contributed by atoms with Crippen LogP contribution in [0, 0.1) is 19.7 Å². The number of nitrogens with one attached hydrogen (secondary N) is 1. The predicted octanol–water partition coefficient (Wildman–Crippen LogP) is 4.15. The summed E-state index contributed by atoms with van der Waals surface area (Å²) in [5.74, 6) is 0.765. The molecule has 164 valence electrons. The summed E-state index contributed by atoms with van der Waals surface area (Å²) >= 11 is 0. The minimum atomic E-state index is -3.65. The van der Waals surface area contributed by atoms with Gasteiger partial charge in [0.1, 0.15) is 30.0 Å². The first-order chi connectivity index (χ1) is 15.3. The molecule has 2 aromatic carbocycles. The predicted molar refractivity (Wildman–Crippen MR) is 118 cm³/mol. The van der Waals surface area contributed by atoms with Crippen molar-refractivity contribution in [1.29, 1.82) is 0 Å². The molecule has 0 aliphatic rings. The molecule has 8 nitrogen and oxygen atoms in total. The number of aromatic nitrogens is 4. The number of sulfonamides is 1. The van der Waals surface area contributed by atoms with E-state index in [1.54, 1.807) is 36.7 Å². The van der Waals surface area contributed by atoms with Gasteiger partial charge in [-0.25, -0.2) is 27.8 Å². The summed E-state index contributed by atoms with van der Waals surface area (Å²) in [6.07, 6.45) is 3.08. The summed E-state index contributed by atoms with van der Waals surface area (Å²) in [5.41, 5.74) is 2.74. The lowest BCUT2D eigenvalue weighted by atomic mass is 10.2. The molecule has 0 spiro atoms. The van der Waals surface area contributed by atoms with Crippen molar-refractivity contribution in [2.45, 2.75) is 19.6 Å². The molecule has 0 unspecified atom stereocenters. The fourth-order valence-electron chi connectivity index (χ4n) is 2.97. The molecule has 0 atom stereocenters. The van der Waals surface area contributed by atoms with E-state index < -0.39 is 15.8 Å². The van der Waals surface area contributed by atoms with Crippen molar-refractivity contribution in [1.82, 2.24) is 19.5 Å². The van der Waals surface area contributed by atoms with Crippen LogP contribution in [0.15, 0.2) is 67.3 Å². The lowest BCUT2D eigenvalue weighted by Gasteiger charge is -2.10. The molecule has 0 fully saturated rings. The van der Waals surface area contributed by atoms with E-state index in [4.69, 9.17) is 4.74 Å². The van der Waals surface area contributed by atoms with Gasteiger partial charge in [0.2, 0.25) is 15.9 Å². The lowest BCUT2D eigenvalue weighted by Crippen LogP contribution is -2.15. The quantitative estimate of drug-likeness (QED) is 0.451. The average Bonchev–Trinajstić information content (AvgIpc) is 3.09. The minimum Gasteiger partial charge on any atom is -0.439 e. The number of anilines is 1. The first kappa shape index (κ1) is 21.4. The summed E-state index contributed by atoms with van der Waals surface area (Å²) in [4.78, 5) is 12.6. The molecule has 0 amide bonds. The van der Waals surface area contributed by atoms with Crippen LogP contribution >= 0.6 is 0 Å². The number of hydrogen-bond donors (Lipinski definition) is 1. The van der Waals surface area contributed by atoms with Gasteiger partial charge in [0.05, 0.1) is 11.4 Å². The van der Waals surface area contributed by atoms with Gasteiger partial charge in [-0.1, -0.05) is 12.1 Å². The third-order valence-corrected chi connectivity index (χ3v) is 6.01. The second-order valence-electron chi connectivity index (χ2n) is 7.11. The van der Waals surface area contributed by atoms with E-state index in [1.165, 1.54) is 30.6 Å². The second-order valence-corrected chi connectivity index (χ2v) is 8.84. The van der Waals surface area contributed by atoms with Gasteiger partial charge in [0.25, 0.3) is 0 Å². The maximum Gasteiger partial charge on any atom is 0.236 e. The summed E-state index contributed by atoms with van der Waals surface area (Å²) in [6, 6.07) is 13.4. The highest BCUT2D eigenvalue weighted by Crippen LogP contribution is 2.24. The number of hydrogen-bond acceptors (Lipinski definition) is 6. The summed E-state index contributed by atoms with van der Waals surface area (Å²) in [6.45, 7) is 3.86. The minimum absolute atomic E-state index is 0.262. The average molecular weight is 453 g/mol. The Balaban J connectivity index is 1.43. The molecule has 4 aromatic rings. The molecule has 32 heavy (non-hydrogen) atoms. The Morgan fingerprint density at radius 2 is 1.72 bits per heavy atom. The highest BCUT2D eigenvalue weighted by atomic mass is 32.2. The molecule has 4 rings (SSSR count). The number of benzene rings is 2. The Labute approximate surface area is 184 Å². The number of imidazole rings is 1. The van der Waals surface area contributed by atoms with Crippen molar-refractivity contribution in [2.24, 2.45) is 0 Å². The standard InChI is InChI=1S/C22H20FN5O3S/c1-15-16(2)28(14-26-15)21-11-22(25-13-24-21)31-20-9-7-19(8-10-20)27-32(29,30)12-17-3-5-18(23)6-4-17/h3-11,13-14,27H,12H2,1-2H3. The van der Waals surface area contributed by atoms with E-state index in [9.17, 15) is 12.8 Å². The zero-order chi connectivity index (χ0) is 22.7. The van der Waals surface area contributed by atoms with Gasteiger partial charge in [-0.15, -0.1) is 0 Å². The van der Waals surface area contributed by atoms with Gasteiger partial charge in [-0.3, -0.25) is 9.29 Å². The van der Waals surface area contributed by atoms with E-state index in [2.05, 4.69) is 19.7 Å². The van der Waals surface area contributed by atoms with Gasteiger partial charge in [-0.05, 0) is 55.8 Å². The van der Waals surface area contributed by atoms with Gasteiger partial charge < -0.3 is 4.74 Å². The normalized spacial score (nSPS) is 11.3. The molecule has 0 saturated carbocycles. The maximum atomic E-state index is 13.0. The Morgan fingerprint density at radius 1 is 1.00 bits per heavy atom. The van der Waals surface area contributed by atoms with Crippen LogP contribution in [-0.4, -0.2) is 27.9 Å². The Kier molecular flexibility index (Phi) is 5.87. The largest absolute Gasteiger partial charge is 0.439 e. The SMILES string of the molecule is Cc1ncn(-c2cc(Oc3ccc(NS(=O)(=O)Cc4ccc(F)cc4)cc3)ncn2)c1C. The molecule has 0 aliphatic carbocycles. The van der Waals surface area contributed by atoms with Crippen LogP contribution in [0.4, 0.5) is 10.1 Å². The third-order valence-electron chi connectivity index (χ3n) is 4.75. The summed E-state index contributed by atoms with van der Waals surface area (Å²) in [7, 11) is -3.65. The van der Waals surface area contributed by atoms with Crippen molar-refractivity contribution in [3.8, 4) is 17.4 Å². The van der Waals surface area contributed by atoms with Crippen molar-refractivity contribution in [3.63, 3.8) is 0 Å². The molecule has 1 N–H and O–H groups in total. The second kappa shape index (κ2) is 8.75. The fraction of sp³-hybridized carbons (Fsp3) is 0.136. The fourth-order valence-corrected chi connectivity index (χ4v) is 4.17. The topological polar surface area (TPSA) is 99.0 Å². The summed E-state index contributed by atoms with van der Waals surface area (Å²) < 4.78 is 47.9. The van der Waals surface area contributed by atoms with Gasteiger partial charge in [-0.2, -0.15) is 0 Å². The first-order valence-electron chi connectivity index (χ1n) is 9.65. The zero-order valence-corrected chi connectivity index (χ0v) is 18.2. The van der Waals surface area contributed by atoms with Crippen molar-refractivity contribution in [3.05, 3.63) is 90.0 Å². The van der Waals surface area contributed by atoms with Crippen LogP contribution in [0.3, 0.4) is 0 Å². The van der Waals surface area contributed by atoms with E-state index in [-0.39, 0.29) is 5.75 Å². The monoisotopic (exact) mass is 453 g/mol. The van der Waals surface area contributed by atoms with Crippen LogP contribution in [0.25, 0.3) is 5.82 Å².